The van der Waals surface area contributed by atoms with E-state index in [9.17, 15) is 4.79 Å². The summed E-state index contributed by atoms with van der Waals surface area (Å²) in [4.78, 5) is 12.1. The number of aryl methyl sites for hydroxylation is 2. The van der Waals surface area contributed by atoms with Crippen LogP contribution < -0.4 is 9.47 Å². The molecular weight excluding hydrogens is 358 g/mol. The van der Waals surface area contributed by atoms with Gasteiger partial charge in [-0.15, -0.1) is 5.10 Å². The first-order valence-electron chi connectivity index (χ1n) is 8.98. The van der Waals surface area contributed by atoms with Crippen LogP contribution >= 0.6 is 0 Å². The molecule has 0 bridgehead atoms. The molecule has 2 aromatic carbocycles. The molecule has 0 fully saturated rings. The molecule has 0 aliphatic heterocycles. The quantitative estimate of drug-likeness (QED) is 0.626. The smallest absolute Gasteiger partial charge is 0.361 e. The molecule has 0 spiro atoms. The highest BCUT2D eigenvalue weighted by Crippen LogP contribution is 2.28. The minimum atomic E-state index is -0.518. The van der Waals surface area contributed by atoms with E-state index in [2.05, 4.69) is 21.5 Å². The van der Waals surface area contributed by atoms with Crippen LogP contribution in [0.1, 0.15) is 34.1 Å². The minimum Gasteiger partial charge on any atom is -0.496 e. The number of carbonyl (C=O) groups excluding carboxylic acids is 1. The third kappa shape index (κ3) is 4.31. The summed E-state index contributed by atoms with van der Waals surface area (Å²) in [6, 6.07) is 11.6. The van der Waals surface area contributed by atoms with Gasteiger partial charge in [0.15, 0.2) is 5.69 Å². The topological polar surface area (TPSA) is 86.3 Å². The fourth-order valence-corrected chi connectivity index (χ4v) is 2.99. The number of nitrogens with zero attached hydrogens (tertiary/aromatic N) is 2. The molecule has 1 N–H and O–H groups in total. The Morgan fingerprint density at radius 1 is 1.07 bits per heavy atom. The molecule has 7 nitrogen and oxygen atoms in total. The number of methoxy groups -OCH3 is 1. The van der Waals surface area contributed by atoms with E-state index in [-0.39, 0.29) is 12.3 Å². The highest BCUT2D eigenvalue weighted by molar-refractivity contribution is 5.94. The maximum atomic E-state index is 12.1. The van der Waals surface area contributed by atoms with Crippen molar-refractivity contribution in [1.29, 1.82) is 0 Å². The summed E-state index contributed by atoms with van der Waals surface area (Å²) < 4.78 is 16.5. The fourth-order valence-electron chi connectivity index (χ4n) is 2.99. The predicted molar refractivity (Wildman–Crippen MR) is 105 cm³/mol. The van der Waals surface area contributed by atoms with Crippen molar-refractivity contribution in [2.45, 2.75) is 27.4 Å². The average molecular weight is 381 g/mol. The van der Waals surface area contributed by atoms with Crippen LogP contribution in [0.3, 0.4) is 0 Å². The third-order valence-electron chi connectivity index (χ3n) is 4.16. The van der Waals surface area contributed by atoms with Gasteiger partial charge < -0.3 is 14.2 Å². The van der Waals surface area contributed by atoms with E-state index in [4.69, 9.17) is 14.2 Å². The molecule has 0 radical (unpaired) electrons. The van der Waals surface area contributed by atoms with Gasteiger partial charge in [0.05, 0.1) is 13.7 Å². The van der Waals surface area contributed by atoms with Gasteiger partial charge in [0.1, 0.15) is 23.8 Å². The molecule has 0 aliphatic carbocycles. The van der Waals surface area contributed by atoms with Gasteiger partial charge in [-0.1, -0.05) is 6.07 Å². The van der Waals surface area contributed by atoms with Crippen LogP contribution in [0.25, 0.3) is 11.3 Å². The molecule has 0 atom stereocenters. The Bertz CT molecular complexity index is 961. The number of esters is 1. The van der Waals surface area contributed by atoms with E-state index < -0.39 is 5.97 Å². The van der Waals surface area contributed by atoms with Crippen molar-refractivity contribution >= 4 is 5.97 Å². The van der Waals surface area contributed by atoms with Crippen LogP contribution in [-0.4, -0.2) is 35.1 Å². The van der Waals surface area contributed by atoms with Crippen LogP contribution in [0.5, 0.6) is 11.5 Å². The SMILES string of the molecule is CCOC(=O)c1n[nH]nc1-c1ccc(OC)c(COc2cc(C)cc(C)c2)c1. The Balaban J connectivity index is 1.89. The maximum absolute atomic E-state index is 12.1. The second-order valence-electron chi connectivity index (χ2n) is 6.38. The van der Waals surface area contributed by atoms with E-state index >= 15 is 0 Å². The summed E-state index contributed by atoms with van der Waals surface area (Å²) in [6.07, 6.45) is 0. The molecule has 0 saturated carbocycles. The summed E-state index contributed by atoms with van der Waals surface area (Å²) in [5.74, 6) is 0.961. The Kier molecular flexibility index (Phi) is 5.93. The van der Waals surface area contributed by atoms with Crippen molar-refractivity contribution in [3.63, 3.8) is 0 Å². The average Bonchev–Trinajstić information content (AvgIpc) is 3.15. The maximum Gasteiger partial charge on any atom is 0.361 e. The molecule has 1 aromatic heterocycles. The van der Waals surface area contributed by atoms with Gasteiger partial charge in [-0.25, -0.2) is 4.79 Å². The summed E-state index contributed by atoms with van der Waals surface area (Å²) in [5, 5.41) is 10.5. The normalized spacial score (nSPS) is 10.6. The lowest BCUT2D eigenvalue weighted by molar-refractivity contribution is 0.0520. The largest absolute Gasteiger partial charge is 0.496 e. The standard InChI is InChI=1S/C21H23N3O4/c1-5-27-21(25)20-19(22-24-23-20)15-6-7-18(26-4)16(11-15)12-28-17-9-13(2)8-14(3)10-17/h6-11H,5,12H2,1-4H3,(H,22,23,24). The lowest BCUT2D eigenvalue weighted by Crippen LogP contribution is -2.07. The molecule has 3 rings (SSSR count). The van der Waals surface area contributed by atoms with E-state index in [0.29, 0.717) is 18.1 Å². The Hall–Kier alpha value is -3.35. The second-order valence-corrected chi connectivity index (χ2v) is 6.38. The van der Waals surface area contributed by atoms with E-state index in [1.807, 2.05) is 44.2 Å². The van der Waals surface area contributed by atoms with Crippen molar-refractivity contribution in [1.82, 2.24) is 15.4 Å². The first-order chi connectivity index (χ1) is 13.5. The lowest BCUT2D eigenvalue weighted by atomic mass is 10.1. The number of aromatic amines is 1. The molecule has 3 aromatic rings. The van der Waals surface area contributed by atoms with Gasteiger partial charge in [-0.2, -0.15) is 10.3 Å². The number of hydrogen-bond acceptors (Lipinski definition) is 6. The number of aromatic nitrogens is 3. The number of carbonyl (C=O) groups is 1. The van der Waals surface area contributed by atoms with Crippen molar-refractivity contribution in [3.8, 4) is 22.8 Å². The van der Waals surface area contributed by atoms with Crippen LogP contribution in [0.15, 0.2) is 36.4 Å². The van der Waals surface area contributed by atoms with Crippen LogP contribution in [0.2, 0.25) is 0 Å². The lowest BCUT2D eigenvalue weighted by Gasteiger charge is -2.13. The fraction of sp³-hybridized carbons (Fsp3) is 0.286. The van der Waals surface area contributed by atoms with Crippen LogP contribution in [0.4, 0.5) is 0 Å². The highest BCUT2D eigenvalue weighted by atomic mass is 16.5. The van der Waals surface area contributed by atoms with Gasteiger partial charge in [-0.05, 0) is 62.2 Å². The van der Waals surface area contributed by atoms with Crippen molar-refractivity contribution in [2.24, 2.45) is 0 Å². The van der Waals surface area contributed by atoms with Crippen LogP contribution in [-0.2, 0) is 11.3 Å². The molecule has 7 heteroatoms. The van der Waals surface area contributed by atoms with Gasteiger partial charge in [0.25, 0.3) is 0 Å². The third-order valence-corrected chi connectivity index (χ3v) is 4.16. The minimum absolute atomic E-state index is 0.146. The van der Waals surface area contributed by atoms with Crippen molar-refractivity contribution < 1.29 is 19.0 Å². The second kappa shape index (κ2) is 8.56. The zero-order chi connectivity index (χ0) is 20.1. The van der Waals surface area contributed by atoms with E-state index in [1.54, 1.807) is 14.0 Å². The summed E-state index contributed by atoms with van der Waals surface area (Å²) in [5.41, 5.74) is 4.39. The number of ether oxygens (including phenoxy) is 3. The molecule has 0 unspecified atom stereocenters. The first kappa shape index (κ1) is 19.4. The van der Waals surface area contributed by atoms with Gasteiger partial charge in [-0.3, -0.25) is 0 Å². The molecule has 0 amide bonds. The van der Waals surface area contributed by atoms with Crippen molar-refractivity contribution in [3.05, 3.63) is 58.8 Å². The van der Waals surface area contributed by atoms with E-state index in [0.717, 1.165) is 28.0 Å². The Labute approximate surface area is 163 Å². The number of rotatable bonds is 7. The van der Waals surface area contributed by atoms with Crippen LogP contribution in [0, 0.1) is 13.8 Å². The Morgan fingerprint density at radius 2 is 1.82 bits per heavy atom. The number of hydrogen-bond donors (Lipinski definition) is 1. The van der Waals surface area contributed by atoms with Gasteiger partial charge in [0, 0.05) is 11.1 Å². The first-order valence-corrected chi connectivity index (χ1v) is 8.98. The molecular formula is C21H23N3O4. The predicted octanol–water partition coefficient (Wildman–Crippen LogP) is 3.85. The summed E-state index contributed by atoms with van der Waals surface area (Å²) in [6.45, 7) is 6.38. The molecule has 28 heavy (non-hydrogen) atoms. The summed E-state index contributed by atoms with van der Waals surface area (Å²) in [7, 11) is 1.61. The number of benzene rings is 2. The summed E-state index contributed by atoms with van der Waals surface area (Å²) >= 11 is 0. The monoisotopic (exact) mass is 381 g/mol. The molecule has 146 valence electrons. The van der Waals surface area contributed by atoms with Gasteiger partial charge in [0.2, 0.25) is 0 Å². The zero-order valence-electron chi connectivity index (χ0n) is 16.4. The Morgan fingerprint density at radius 3 is 2.50 bits per heavy atom. The van der Waals surface area contributed by atoms with Crippen molar-refractivity contribution in [2.75, 3.05) is 13.7 Å². The molecule has 1 heterocycles. The van der Waals surface area contributed by atoms with E-state index in [1.165, 1.54) is 0 Å². The molecule has 0 saturated heterocycles. The number of H-pyrrole nitrogens is 1. The number of nitrogens with one attached hydrogen (secondary N) is 1. The highest BCUT2D eigenvalue weighted by Gasteiger charge is 2.20. The zero-order valence-corrected chi connectivity index (χ0v) is 16.4. The molecule has 0 aliphatic rings. The van der Waals surface area contributed by atoms with Gasteiger partial charge >= 0.3 is 5.97 Å².